The number of aliphatic hydroxyl groups is 1. The largest absolute Gasteiger partial charge is 0.495 e. The number of halogens is 1. The predicted molar refractivity (Wildman–Crippen MR) is 124 cm³/mol. The van der Waals surface area contributed by atoms with Crippen LogP contribution < -0.4 is 9.47 Å². The van der Waals surface area contributed by atoms with E-state index < -0.39 is 6.10 Å². The summed E-state index contributed by atoms with van der Waals surface area (Å²) in [6.07, 6.45) is -0.866. The van der Waals surface area contributed by atoms with Crippen LogP contribution in [0.4, 0.5) is 0 Å². The van der Waals surface area contributed by atoms with E-state index in [1.54, 1.807) is 6.07 Å². The molecule has 3 aliphatic heterocycles. The minimum Gasteiger partial charge on any atom is -0.495 e. The lowest BCUT2D eigenvalue weighted by Gasteiger charge is -2.46. The molecule has 0 amide bonds. The zero-order valence-electron chi connectivity index (χ0n) is 18.9. The zero-order chi connectivity index (χ0) is 23.8. The summed E-state index contributed by atoms with van der Waals surface area (Å²) in [5.74, 6) is 1.06. The highest BCUT2D eigenvalue weighted by molar-refractivity contribution is 6.31. The molecule has 2 aromatic rings. The molecule has 0 spiro atoms. The van der Waals surface area contributed by atoms with Gasteiger partial charge < -0.3 is 19.3 Å². The van der Waals surface area contributed by atoms with Gasteiger partial charge in [-0.05, 0) is 29.8 Å². The second-order valence-corrected chi connectivity index (χ2v) is 9.31. The normalized spacial score (nSPS) is 23.5. The average molecular weight is 484 g/mol. The number of β-amino-alcohol motifs (C(OH)–C–C–N with tert-alkyl or cyclic N) is 1. The van der Waals surface area contributed by atoms with E-state index in [0.717, 1.165) is 31.7 Å². The van der Waals surface area contributed by atoms with Crippen molar-refractivity contribution < 1.29 is 24.1 Å². The van der Waals surface area contributed by atoms with Crippen LogP contribution in [0.1, 0.15) is 39.3 Å². The Balaban J connectivity index is 1.20. The smallest absolute Gasteiger partial charge is 0.203 e. The summed E-state index contributed by atoms with van der Waals surface area (Å²) in [6.45, 7) is 4.34. The molecule has 0 bridgehead atoms. The number of carbonyl (C=O) groups is 1. The van der Waals surface area contributed by atoms with E-state index in [9.17, 15) is 15.2 Å². The second kappa shape index (κ2) is 9.53. The topological polar surface area (TPSA) is 95.3 Å². The number of piperazine rings is 1. The van der Waals surface area contributed by atoms with Crippen molar-refractivity contribution in [3.05, 3.63) is 57.6 Å². The molecule has 2 saturated heterocycles. The monoisotopic (exact) mass is 483 g/mol. The number of Topliss-reactive ketones (excluding diaryl/α,β-unsaturated/α-hetero) is 1. The maximum absolute atomic E-state index is 11.8. The van der Waals surface area contributed by atoms with E-state index in [1.807, 2.05) is 18.2 Å². The first-order valence-electron chi connectivity index (χ1n) is 11.3. The van der Waals surface area contributed by atoms with Crippen molar-refractivity contribution in [1.82, 2.24) is 9.80 Å². The molecule has 3 heterocycles. The van der Waals surface area contributed by atoms with Crippen LogP contribution in [0.5, 0.6) is 11.5 Å². The molecule has 0 aromatic heterocycles. The average Bonchev–Trinajstić information content (AvgIpc) is 3.23. The summed E-state index contributed by atoms with van der Waals surface area (Å²) < 4.78 is 16.9. The van der Waals surface area contributed by atoms with Crippen molar-refractivity contribution in [1.29, 1.82) is 5.26 Å². The number of benzene rings is 2. The number of ketones is 1. The standard InChI is InChI=1S/C25H26ClN3O5/c1-32-23-8-19(20(26)6-16(23)9-27)21(30)11-28-4-5-29-12-25(33-13-17(29)10-28)15-2-3-18-22(31)14-34-24(18)7-15/h2-3,6-8,17,21,25,30H,4-5,10-14H2,1H3/t17-,21-,25-/m0/s1. The SMILES string of the molecule is COc1cc([C@@H](O)CN2CCN3C[C@@H](c4ccc5c(c4)OCC5=O)OC[C@@H]3C2)c(Cl)cc1C#N. The first-order chi connectivity index (χ1) is 16.5. The molecule has 2 fully saturated rings. The van der Waals surface area contributed by atoms with Gasteiger partial charge in [-0.3, -0.25) is 14.6 Å². The van der Waals surface area contributed by atoms with Gasteiger partial charge in [-0.15, -0.1) is 0 Å². The second-order valence-electron chi connectivity index (χ2n) is 8.90. The Morgan fingerprint density at radius 2 is 2.15 bits per heavy atom. The van der Waals surface area contributed by atoms with Crippen LogP contribution in [-0.2, 0) is 4.74 Å². The van der Waals surface area contributed by atoms with Gasteiger partial charge in [0, 0.05) is 49.4 Å². The van der Waals surface area contributed by atoms with Crippen LogP contribution in [0.2, 0.25) is 5.02 Å². The summed E-state index contributed by atoms with van der Waals surface area (Å²) in [7, 11) is 1.49. The number of methoxy groups -OCH3 is 1. The molecule has 2 aromatic carbocycles. The highest BCUT2D eigenvalue weighted by Gasteiger charge is 2.35. The number of carbonyl (C=O) groups excluding carboxylic acids is 1. The molecule has 0 saturated carbocycles. The van der Waals surface area contributed by atoms with Gasteiger partial charge in [0.15, 0.2) is 6.61 Å². The fourth-order valence-electron chi connectivity index (χ4n) is 4.95. The highest BCUT2D eigenvalue weighted by atomic mass is 35.5. The highest BCUT2D eigenvalue weighted by Crippen LogP contribution is 2.34. The molecule has 178 valence electrons. The number of morpholine rings is 1. The van der Waals surface area contributed by atoms with E-state index in [2.05, 4.69) is 15.9 Å². The van der Waals surface area contributed by atoms with Crippen LogP contribution in [0.3, 0.4) is 0 Å². The van der Waals surface area contributed by atoms with Crippen LogP contribution >= 0.6 is 11.6 Å². The number of hydrogen-bond acceptors (Lipinski definition) is 8. The molecule has 5 rings (SSSR count). The number of aliphatic hydroxyl groups excluding tert-OH is 1. The molecule has 0 radical (unpaired) electrons. The van der Waals surface area contributed by atoms with Crippen molar-refractivity contribution in [3.8, 4) is 17.6 Å². The Kier molecular flexibility index (Phi) is 6.47. The Morgan fingerprint density at radius 3 is 2.94 bits per heavy atom. The lowest BCUT2D eigenvalue weighted by Crippen LogP contribution is -2.58. The third-order valence-corrected chi connectivity index (χ3v) is 7.17. The molecule has 0 unspecified atom stereocenters. The van der Waals surface area contributed by atoms with Crippen LogP contribution in [0.15, 0.2) is 30.3 Å². The third kappa shape index (κ3) is 4.38. The number of fused-ring (bicyclic) bond motifs is 2. The maximum Gasteiger partial charge on any atom is 0.203 e. The van der Waals surface area contributed by atoms with Crippen LogP contribution in [-0.4, -0.2) is 79.8 Å². The minimum atomic E-state index is -0.799. The fourth-order valence-corrected chi connectivity index (χ4v) is 5.24. The number of ether oxygens (including phenoxy) is 3. The third-order valence-electron chi connectivity index (χ3n) is 6.84. The van der Waals surface area contributed by atoms with Gasteiger partial charge in [0.2, 0.25) is 5.78 Å². The van der Waals surface area contributed by atoms with Crippen LogP contribution in [0, 0.1) is 11.3 Å². The molecule has 8 nitrogen and oxygen atoms in total. The predicted octanol–water partition coefficient (Wildman–Crippen LogP) is 2.59. The molecule has 3 atom stereocenters. The van der Waals surface area contributed by atoms with Gasteiger partial charge in [0.1, 0.15) is 17.6 Å². The fraction of sp³-hybridized carbons (Fsp3) is 0.440. The Labute approximate surface area is 203 Å². The van der Waals surface area contributed by atoms with Crippen molar-refractivity contribution >= 4 is 17.4 Å². The number of nitrogens with zero attached hydrogens (tertiary/aromatic N) is 3. The summed E-state index contributed by atoms with van der Waals surface area (Å²) in [6, 6.07) is 11.2. The lowest BCUT2D eigenvalue weighted by atomic mass is 10.0. The molecular weight excluding hydrogens is 458 g/mol. The lowest BCUT2D eigenvalue weighted by molar-refractivity contribution is -0.0937. The van der Waals surface area contributed by atoms with Gasteiger partial charge in [0.25, 0.3) is 0 Å². The van der Waals surface area contributed by atoms with Crippen molar-refractivity contribution in [2.75, 3.05) is 53.0 Å². The van der Waals surface area contributed by atoms with Crippen LogP contribution in [0.25, 0.3) is 0 Å². The molecule has 0 aliphatic carbocycles. The Bertz CT molecular complexity index is 1150. The zero-order valence-corrected chi connectivity index (χ0v) is 19.6. The number of hydrogen-bond donors (Lipinski definition) is 1. The van der Waals surface area contributed by atoms with Crippen molar-refractivity contribution in [3.63, 3.8) is 0 Å². The van der Waals surface area contributed by atoms with E-state index in [4.69, 9.17) is 25.8 Å². The van der Waals surface area contributed by atoms with Gasteiger partial charge in [-0.1, -0.05) is 17.7 Å². The summed E-state index contributed by atoms with van der Waals surface area (Å²) >= 11 is 6.34. The number of rotatable bonds is 5. The first-order valence-corrected chi connectivity index (χ1v) is 11.7. The van der Waals surface area contributed by atoms with E-state index in [1.165, 1.54) is 13.2 Å². The number of nitriles is 1. The van der Waals surface area contributed by atoms with Crippen molar-refractivity contribution in [2.45, 2.75) is 18.2 Å². The van der Waals surface area contributed by atoms with Gasteiger partial charge >= 0.3 is 0 Å². The molecule has 34 heavy (non-hydrogen) atoms. The Hall–Kier alpha value is -2.67. The summed E-state index contributed by atoms with van der Waals surface area (Å²) in [5.41, 5.74) is 2.56. The molecule has 3 aliphatic rings. The van der Waals surface area contributed by atoms with E-state index in [0.29, 0.717) is 46.4 Å². The molecular formula is C25H26ClN3O5. The molecule has 9 heteroatoms. The maximum atomic E-state index is 11.8. The van der Waals surface area contributed by atoms with Crippen molar-refractivity contribution in [2.24, 2.45) is 0 Å². The van der Waals surface area contributed by atoms with E-state index in [-0.39, 0.29) is 24.5 Å². The molecule has 1 N–H and O–H groups in total. The van der Waals surface area contributed by atoms with Gasteiger partial charge in [-0.25, -0.2) is 0 Å². The quantitative estimate of drug-likeness (QED) is 0.693. The summed E-state index contributed by atoms with van der Waals surface area (Å²) in [5, 5.41) is 20.5. The minimum absolute atomic E-state index is 0.0187. The van der Waals surface area contributed by atoms with Gasteiger partial charge in [0.05, 0.1) is 37.1 Å². The first kappa shape index (κ1) is 23.1. The van der Waals surface area contributed by atoms with E-state index >= 15 is 0 Å². The van der Waals surface area contributed by atoms with Gasteiger partial charge in [-0.2, -0.15) is 5.26 Å². The summed E-state index contributed by atoms with van der Waals surface area (Å²) in [4.78, 5) is 16.4. The Morgan fingerprint density at radius 1 is 1.29 bits per heavy atom.